The number of hydrogen-bond acceptors (Lipinski definition) is 8. The van der Waals surface area contributed by atoms with Gasteiger partial charge in [0, 0.05) is 34.2 Å². The van der Waals surface area contributed by atoms with Gasteiger partial charge in [-0.25, -0.2) is 0 Å². The second-order valence-corrected chi connectivity index (χ2v) is 12.3. The molecule has 0 saturated heterocycles. The number of nitrogens with two attached hydrogens (primary N) is 1. The van der Waals surface area contributed by atoms with E-state index in [0.717, 1.165) is 33.1 Å². The van der Waals surface area contributed by atoms with E-state index in [0.29, 0.717) is 12.0 Å². The molecule has 4 rings (SSSR count). The summed E-state index contributed by atoms with van der Waals surface area (Å²) in [7, 11) is 0. The van der Waals surface area contributed by atoms with Crippen molar-refractivity contribution in [1.29, 1.82) is 0 Å². The highest BCUT2D eigenvalue weighted by Crippen LogP contribution is 2.36. The second-order valence-electron chi connectivity index (χ2n) is 11.4. The lowest BCUT2D eigenvalue weighted by Crippen LogP contribution is -2.50. The SMILES string of the molecule is CC(C)CC(N)C(=O)N/C(=C\c1cc(O)c(O)c(O)c1)C(=O)NC(Cc1c[nH]c2cc(Br)ccc12)C(=O)N/C=C/c1ccc(O)cc1. The third-order valence-corrected chi connectivity index (χ3v) is 7.63. The van der Waals surface area contributed by atoms with Crippen LogP contribution in [0.4, 0.5) is 0 Å². The van der Waals surface area contributed by atoms with Crippen LogP contribution < -0.4 is 21.7 Å². The summed E-state index contributed by atoms with van der Waals surface area (Å²) in [6, 6.07) is 12.0. The maximum Gasteiger partial charge on any atom is 0.268 e. The van der Waals surface area contributed by atoms with Gasteiger partial charge >= 0.3 is 0 Å². The fourth-order valence-electron chi connectivity index (χ4n) is 4.77. The van der Waals surface area contributed by atoms with Gasteiger partial charge < -0.3 is 47.1 Å². The highest BCUT2D eigenvalue weighted by molar-refractivity contribution is 9.10. The molecule has 47 heavy (non-hydrogen) atoms. The molecule has 2 unspecified atom stereocenters. The van der Waals surface area contributed by atoms with Crippen molar-refractivity contribution in [3.05, 3.63) is 93.9 Å². The lowest BCUT2D eigenvalue weighted by atomic mass is 10.0. The maximum absolute atomic E-state index is 13.8. The van der Waals surface area contributed by atoms with E-state index in [1.165, 1.54) is 24.4 Å². The van der Waals surface area contributed by atoms with E-state index in [9.17, 15) is 34.8 Å². The first-order valence-electron chi connectivity index (χ1n) is 14.7. The minimum Gasteiger partial charge on any atom is -0.508 e. The predicted octanol–water partition coefficient (Wildman–Crippen LogP) is 4.10. The highest BCUT2D eigenvalue weighted by Gasteiger charge is 2.26. The van der Waals surface area contributed by atoms with Gasteiger partial charge in [-0.3, -0.25) is 14.4 Å². The smallest absolute Gasteiger partial charge is 0.268 e. The summed E-state index contributed by atoms with van der Waals surface area (Å²) in [5, 5.41) is 48.1. The zero-order chi connectivity index (χ0) is 34.2. The molecule has 0 spiro atoms. The number of phenolic OH excluding ortho intramolecular Hbond substituents is 4. The summed E-state index contributed by atoms with van der Waals surface area (Å²) in [4.78, 5) is 43.5. The van der Waals surface area contributed by atoms with Gasteiger partial charge in [0.15, 0.2) is 17.2 Å². The summed E-state index contributed by atoms with van der Waals surface area (Å²) in [5.41, 5.74) is 8.07. The molecule has 12 nitrogen and oxygen atoms in total. The topological polar surface area (TPSA) is 210 Å². The van der Waals surface area contributed by atoms with Crippen LogP contribution in [0.25, 0.3) is 23.1 Å². The molecule has 0 radical (unpaired) electrons. The van der Waals surface area contributed by atoms with Crippen molar-refractivity contribution in [2.24, 2.45) is 11.7 Å². The Hall–Kier alpha value is -5.27. The van der Waals surface area contributed by atoms with Crippen molar-refractivity contribution in [3.8, 4) is 23.0 Å². The number of aromatic amines is 1. The van der Waals surface area contributed by atoms with E-state index in [2.05, 4.69) is 36.9 Å². The van der Waals surface area contributed by atoms with Gasteiger partial charge in [0.1, 0.15) is 17.5 Å². The highest BCUT2D eigenvalue weighted by atomic mass is 79.9. The second kappa shape index (κ2) is 15.3. The normalized spacial score (nSPS) is 13.1. The predicted molar refractivity (Wildman–Crippen MR) is 182 cm³/mol. The number of phenols is 4. The van der Waals surface area contributed by atoms with Gasteiger partial charge in [-0.15, -0.1) is 0 Å². The van der Waals surface area contributed by atoms with E-state index in [1.54, 1.807) is 24.4 Å². The molecular weight excluding hydrogens is 670 g/mol. The lowest BCUT2D eigenvalue weighted by molar-refractivity contribution is -0.127. The van der Waals surface area contributed by atoms with Crippen molar-refractivity contribution in [2.45, 2.75) is 38.8 Å². The zero-order valence-corrected chi connectivity index (χ0v) is 27.2. The standard InChI is InChI=1S/C34H36BrN5O7/c1-18(2)11-25(36)32(45)39-27(12-20-13-29(42)31(44)30(43)14-20)34(47)40-28(15-21-17-38-26-16-22(35)5-8-24(21)26)33(46)37-10-9-19-3-6-23(41)7-4-19/h3-10,12-14,16-18,25,28,38,41-44H,11,15,36H2,1-2H3,(H,37,46)(H,39,45)(H,40,47)/b10-9+,27-12-. The Morgan fingerprint density at radius 1 is 0.936 bits per heavy atom. The third kappa shape index (κ3) is 9.37. The Morgan fingerprint density at radius 2 is 1.62 bits per heavy atom. The number of amides is 3. The Bertz CT molecular complexity index is 1810. The number of aromatic hydroxyl groups is 4. The molecule has 3 aromatic carbocycles. The Labute approximate surface area is 279 Å². The molecule has 13 heteroatoms. The van der Waals surface area contributed by atoms with Gasteiger partial charge in [-0.2, -0.15) is 0 Å². The molecule has 0 bridgehead atoms. The van der Waals surface area contributed by atoms with Crippen molar-refractivity contribution < 1.29 is 34.8 Å². The number of hydrogen-bond donors (Lipinski definition) is 9. The van der Waals surface area contributed by atoms with Crippen LogP contribution in [0.15, 0.2) is 77.2 Å². The van der Waals surface area contributed by atoms with E-state index in [-0.39, 0.29) is 29.3 Å². The van der Waals surface area contributed by atoms with E-state index >= 15 is 0 Å². The molecule has 1 aromatic heterocycles. The van der Waals surface area contributed by atoms with E-state index in [1.807, 2.05) is 32.0 Å². The fraction of sp³-hybridized carbons (Fsp3) is 0.206. The molecular formula is C34H36BrN5O7. The van der Waals surface area contributed by atoms with Crippen LogP contribution in [0.5, 0.6) is 23.0 Å². The van der Waals surface area contributed by atoms with Crippen molar-refractivity contribution in [1.82, 2.24) is 20.9 Å². The average molecular weight is 707 g/mol. The Balaban J connectivity index is 1.66. The number of aromatic nitrogens is 1. The van der Waals surface area contributed by atoms with Crippen LogP contribution in [0.1, 0.15) is 37.0 Å². The third-order valence-electron chi connectivity index (χ3n) is 7.14. The number of benzene rings is 3. The zero-order valence-electron chi connectivity index (χ0n) is 25.6. The number of H-pyrrole nitrogens is 1. The number of rotatable bonds is 12. The van der Waals surface area contributed by atoms with Crippen LogP contribution in [0.3, 0.4) is 0 Å². The van der Waals surface area contributed by atoms with Crippen molar-refractivity contribution >= 4 is 56.7 Å². The monoisotopic (exact) mass is 705 g/mol. The minimum atomic E-state index is -1.15. The summed E-state index contributed by atoms with van der Waals surface area (Å²) in [6.45, 7) is 3.78. The van der Waals surface area contributed by atoms with Gasteiger partial charge in [-0.1, -0.05) is 48.0 Å². The number of nitrogens with one attached hydrogen (secondary N) is 4. The summed E-state index contributed by atoms with van der Waals surface area (Å²) >= 11 is 3.44. The van der Waals surface area contributed by atoms with Gasteiger partial charge in [0.2, 0.25) is 11.8 Å². The van der Waals surface area contributed by atoms with Crippen LogP contribution >= 0.6 is 15.9 Å². The number of carbonyl (C=O) groups is 3. The molecule has 0 aliphatic carbocycles. The molecule has 4 aromatic rings. The molecule has 1 heterocycles. The number of fused-ring (bicyclic) bond motifs is 1. The molecule has 10 N–H and O–H groups in total. The maximum atomic E-state index is 13.8. The van der Waals surface area contributed by atoms with Crippen LogP contribution in [0, 0.1) is 5.92 Å². The summed E-state index contributed by atoms with van der Waals surface area (Å²) in [5.74, 6) is -3.95. The van der Waals surface area contributed by atoms with E-state index in [4.69, 9.17) is 5.73 Å². The quantitative estimate of drug-likeness (QED) is 0.0772. The van der Waals surface area contributed by atoms with Crippen molar-refractivity contribution in [3.63, 3.8) is 0 Å². The molecule has 0 saturated carbocycles. The van der Waals surface area contributed by atoms with Crippen LogP contribution in [-0.4, -0.2) is 55.2 Å². The minimum absolute atomic E-state index is 0.0567. The Morgan fingerprint density at radius 3 is 2.28 bits per heavy atom. The molecule has 246 valence electrons. The van der Waals surface area contributed by atoms with Gasteiger partial charge in [-0.05, 0) is 77.6 Å². The first kappa shape index (κ1) is 34.6. The Kier molecular flexibility index (Phi) is 11.3. The van der Waals surface area contributed by atoms with Gasteiger partial charge in [0.05, 0.1) is 6.04 Å². The number of halogens is 1. The van der Waals surface area contributed by atoms with Crippen molar-refractivity contribution in [2.75, 3.05) is 0 Å². The summed E-state index contributed by atoms with van der Waals surface area (Å²) < 4.78 is 0.855. The first-order chi connectivity index (χ1) is 22.3. The molecule has 0 aliphatic heterocycles. The molecule has 2 atom stereocenters. The largest absolute Gasteiger partial charge is 0.508 e. The fourth-order valence-corrected chi connectivity index (χ4v) is 5.13. The first-order valence-corrected chi connectivity index (χ1v) is 15.5. The molecule has 0 aliphatic rings. The lowest BCUT2D eigenvalue weighted by Gasteiger charge is -2.20. The molecule has 0 fully saturated rings. The van der Waals surface area contributed by atoms with E-state index < -0.39 is 47.1 Å². The number of carbonyl (C=O) groups excluding carboxylic acids is 3. The average Bonchev–Trinajstić information content (AvgIpc) is 3.40. The van der Waals surface area contributed by atoms with Gasteiger partial charge in [0.25, 0.3) is 5.91 Å². The van der Waals surface area contributed by atoms with Crippen LogP contribution in [0.2, 0.25) is 0 Å². The molecule has 3 amide bonds. The van der Waals surface area contributed by atoms with Crippen LogP contribution in [-0.2, 0) is 20.8 Å². The summed E-state index contributed by atoms with van der Waals surface area (Å²) in [6.07, 6.45) is 6.33.